The van der Waals surface area contributed by atoms with Gasteiger partial charge in [-0.1, -0.05) is 0 Å². The van der Waals surface area contributed by atoms with Crippen LogP contribution in [0.3, 0.4) is 0 Å². The van der Waals surface area contributed by atoms with Crippen molar-refractivity contribution in [3.8, 4) is 11.3 Å². The monoisotopic (exact) mass is 293 g/mol. The highest BCUT2D eigenvalue weighted by Crippen LogP contribution is 2.22. The molecule has 2 aromatic rings. The van der Waals surface area contributed by atoms with E-state index in [0.717, 1.165) is 16.3 Å². The molecule has 0 fully saturated rings. The van der Waals surface area contributed by atoms with Gasteiger partial charge in [-0.2, -0.15) is 0 Å². The van der Waals surface area contributed by atoms with Crippen LogP contribution in [0.4, 0.5) is 0 Å². The van der Waals surface area contributed by atoms with Crippen molar-refractivity contribution in [3.05, 3.63) is 28.3 Å². The van der Waals surface area contributed by atoms with Gasteiger partial charge in [0.15, 0.2) is 0 Å². The molecule has 0 aliphatic heterocycles. The molecule has 0 radical (unpaired) electrons. The Hall–Kier alpha value is -1.66. The summed E-state index contributed by atoms with van der Waals surface area (Å²) in [5.74, 6) is -0.148. The Kier molecular flexibility index (Phi) is 3.96. The molecule has 0 bridgehead atoms. The Morgan fingerprint density at radius 2 is 2.25 bits per heavy atom. The summed E-state index contributed by atoms with van der Waals surface area (Å²) in [5.41, 5.74) is 1.35. The number of aryl methyl sites for hydroxylation is 1. The molecule has 0 saturated heterocycles. The first-order valence-electron chi connectivity index (χ1n) is 6.35. The van der Waals surface area contributed by atoms with Crippen molar-refractivity contribution in [2.45, 2.75) is 26.4 Å². The van der Waals surface area contributed by atoms with Crippen molar-refractivity contribution in [2.24, 2.45) is 0 Å². The van der Waals surface area contributed by atoms with Gasteiger partial charge in [-0.3, -0.25) is 4.79 Å². The van der Waals surface area contributed by atoms with Crippen LogP contribution in [0.15, 0.2) is 17.6 Å². The Morgan fingerprint density at radius 1 is 1.55 bits per heavy atom. The van der Waals surface area contributed by atoms with Crippen molar-refractivity contribution in [2.75, 3.05) is 13.6 Å². The standard InChI is InChI=1S/C14H19N3O2S/c1-9-16-12(7-20-9)10-5-11(15-6-10)13(18)17(4)8-14(2,3)19/h5-7,15,19H,8H2,1-4H3. The average molecular weight is 293 g/mol. The maximum atomic E-state index is 12.2. The lowest BCUT2D eigenvalue weighted by atomic mass is 10.1. The van der Waals surface area contributed by atoms with Crippen LogP contribution >= 0.6 is 11.3 Å². The van der Waals surface area contributed by atoms with Crippen LogP contribution in [0.5, 0.6) is 0 Å². The first kappa shape index (κ1) is 14.7. The molecule has 6 heteroatoms. The maximum Gasteiger partial charge on any atom is 0.270 e. The Morgan fingerprint density at radius 3 is 2.80 bits per heavy atom. The number of aromatic nitrogens is 2. The summed E-state index contributed by atoms with van der Waals surface area (Å²) in [6.45, 7) is 5.57. The Bertz CT molecular complexity index is 610. The number of aromatic amines is 1. The van der Waals surface area contributed by atoms with Crippen LogP contribution in [-0.2, 0) is 0 Å². The number of nitrogens with one attached hydrogen (secondary N) is 1. The van der Waals surface area contributed by atoms with Crippen molar-refractivity contribution in [1.29, 1.82) is 0 Å². The Balaban J connectivity index is 2.14. The highest BCUT2D eigenvalue weighted by atomic mass is 32.1. The third-order valence-corrected chi connectivity index (χ3v) is 3.57. The molecule has 0 aliphatic carbocycles. The van der Waals surface area contributed by atoms with Gasteiger partial charge in [0.1, 0.15) is 5.69 Å². The number of H-pyrrole nitrogens is 1. The lowest BCUT2D eigenvalue weighted by Crippen LogP contribution is -2.39. The summed E-state index contributed by atoms with van der Waals surface area (Å²) in [6.07, 6.45) is 1.78. The van der Waals surface area contributed by atoms with E-state index in [1.807, 2.05) is 12.3 Å². The van der Waals surface area contributed by atoms with E-state index >= 15 is 0 Å². The zero-order valence-electron chi connectivity index (χ0n) is 12.1. The fourth-order valence-electron chi connectivity index (χ4n) is 2.02. The zero-order chi connectivity index (χ0) is 14.9. The van der Waals surface area contributed by atoms with Gasteiger partial charge in [0, 0.05) is 30.7 Å². The first-order valence-corrected chi connectivity index (χ1v) is 7.23. The van der Waals surface area contributed by atoms with E-state index in [1.165, 1.54) is 4.90 Å². The lowest BCUT2D eigenvalue weighted by molar-refractivity contribution is 0.0365. The van der Waals surface area contributed by atoms with Gasteiger partial charge in [0.25, 0.3) is 5.91 Å². The van der Waals surface area contributed by atoms with Gasteiger partial charge in [0.05, 0.1) is 16.3 Å². The van der Waals surface area contributed by atoms with E-state index in [-0.39, 0.29) is 12.5 Å². The van der Waals surface area contributed by atoms with E-state index in [1.54, 1.807) is 44.5 Å². The fraction of sp³-hybridized carbons (Fsp3) is 0.429. The largest absolute Gasteiger partial charge is 0.389 e. The molecular formula is C14H19N3O2S. The van der Waals surface area contributed by atoms with E-state index in [4.69, 9.17) is 0 Å². The molecule has 108 valence electrons. The number of amides is 1. The number of carbonyl (C=O) groups excluding carboxylic acids is 1. The van der Waals surface area contributed by atoms with E-state index < -0.39 is 5.60 Å². The number of likely N-dealkylation sites (N-methyl/N-ethyl adjacent to an activating group) is 1. The summed E-state index contributed by atoms with van der Waals surface area (Å²) in [4.78, 5) is 21.1. The third-order valence-electron chi connectivity index (χ3n) is 2.80. The van der Waals surface area contributed by atoms with Crippen molar-refractivity contribution < 1.29 is 9.90 Å². The maximum absolute atomic E-state index is 12.2. The summed E-state index contributed by atoms with van der Waals surface area (Å²) < 4.78 is 0. The summed E-state index contributed by atoms with van der Waals surface area (Å²) in [6, 6.07) is 1.79. The number of carbonyl (C=O) groups is 1. The second kappa shape index (κ2) is 5.38. The number of thiazole rings is 1. The van der Waals surface area contributed by atoms with E-state index in [0.29, 0.717) is 5.69 Å². The van der Waals surface area contributed by atoms with Gasteiger partial charge in [-0.05, 0) is 26.8 Å². The zero-order valence-corrected chi connectivity index (χ0v) is 12.9. The smallest absolute Gasteiger partial charge is 0.270 e. The molecule has 5 nitrogen and oxygen atoms in total. The van der Waals surface area contributed by atoms with Gasteiger partial charge >= 0.3 is 0 Å². The van der Waals surface area contributed by atoms with Crippen LogP contribution in [0.1, 0.15) is 29.3 Å². The van der Waals surface area contributed by atoms with Crippen molar-refractivity contribution in [3.63, 3.8) is 0 Å². The van der Waals surface area contributed by atoms with Gasteiger partial charge in [-0.25, -0.2) is 4.98 Å². The minimum Gasteiger partial charge on any atom is -0.389 e. The molecule has 0 aromatic carbocycles. The SMILES string of the molecule is Cc1nc(-c2c[nH]c(C(=O)N(C)CC(C)(C)O)c2)cs1. The molecule has 1 amide bonds. The predicted molar refractivity (Wildman–Crippen MR) is 79.9 cm³/mol. The van der Waals surface area contributed by atoms with Crippen LogP contribution in [0.2, 0.25) is 0 Å². The highest BCUT2D eigenvalue weighted by molar-refractivity contribution is 7.09. The van der Waals surface area contributed by atoms with Crippen LogP contribution < -0.4 is 0 Å². The molecule has 0 unspecified atom stereocenters. The summed E-state index contributed by atoms with van der Waals surface area (Å²) in [5, 5.41) is 12.7. The highest BCUT2D eigenvalue weighted by Gasteiger charge is 2.21. The lowest BCUT2D eigenvalue weighted by Gasteiger charge is -2.25. The number of aliphatic hydroxyl groups is 1. The molecule has 2 heterocycles. The minimum absolute atomic E-state index is 0.148. The number of nitrogens with zero attached hydrogens (tertiary/aromatic N) is 2. The number of hydrogen-bond acceptors (Lipinski definition) is 4. The minimum atomic E-state index is -0.911. The molecule has 0 spiro atoms. The predicted octanol–water partition coefficient (Wildman–Crippen LogP) is 2.29. The fourth-order valence-corrected chi connectivity index (χ4v) is 2.64. The van der Waals surface area contributed by atoms with Crippen LogP contribution in [0, 0.1) is 6.92 Å². The van der Waals surface area contributed by atoms with Gasteiger partial charge in [-0.15, -0.1) is 11.3 Å². The molecule has 0 atom stereocenters. The summed E-state index contributed by atoms with van der Waals surface area (Å²) >= 11 is 1.58. The second-order valence-corrected chi connectivity index (χ2v) is 6.59. The molecule has 2 aromatic heterocycles. The van der Waals surface area contributed by atoms with Crippen LogP contribution in [-0.4, -0.2) is 45.1 Å². The second-order valence-electron chi connectivity index (χ2n) is 5.53. The van der Waals surface area contributed by atoms with Crippen molar-refractivity contribution in [1.82, 2.24) is 14.9 Å². The third kappa shape index (κ3) is 3.46. The molecule has 0 saturated carbocycles. The molecule has 0 aliphatic rings. The van der Waals surface area contributed by atoms with E-state index in [2.05, 4.69) is 9.97 Å². The average Bonchev–Trinajstić information content (AvgIpc) is 2.93. The normalized spacial score (nSPS) is 11.7. The topological polar surface area (TPSA) is 69.2 Å². The van der Waals surface area contributed by atoms with Gasteiger partial charge < -0.3 is 15.0 Å². The number of rotatable bonds is 4. The van der Waals surface area contributed by atoms with Crippen LogP contribution in [0.25, 0.3) is 11.3 Å². The first-order chi connectivity index (χ1) is 9.26. The molecule has 20 heavy (non-hydrogen) atoms. The van der Waals surface area contributed by atoms with E-state index in [9.17, 15) is 9.90 Å². The quantitative estimate of drug-likeness (QED) is 0.908. The molecular weight excluding hydrogens is 274 g/mol. The van der Waals surface area contributed by atoms with Crippen molar-refractivity contribution >= 4 is 17.2 Å². The van der Waals surface area contributed by atoms with Gasteiger partial charge in [0.2, 0.25) is 0 Å². The summed E-state index contributed by atoms with van der Waals surface area (Å²) in [7, 11) is 1.67. The molecule has 2 rings (SSSR count). The molecule has 2 N–H and O–H groups in total. The Labute approximate surface area is 122 Å². The number of hydrogen-bond donors (Lipinski definition) is 2.